The molecule has 6 nitrogen and oxygen atoms in total. The van der Waals surface area contributed by atoms with E-state index >= 15 is 0 Å². The molecule has 1 N–H and O–H groups in total. The molecule has 8 heteroatoms. The van der Waals surface area contributed by atoms with E-state index in [1.807, 2.05) is 33.8 Å². The van der Waals surface area contributed by atoms with Crippen LogP contribution in [0.4, 0.5) is 0 Å². The maximum atomic E-state index is 12.2. The quantitative estimate of drug-likeness (QED) is 0.558. The fraction of sp³-hybridized carbons (Fsp3) is 0.333. The lowest BCUT2D eigenvalue weighted by molar-refractivity contribution is 0.102. The van der Waals surface area contributed by atoms with Crippen molar-refractivity contribution in [1.29, 1.82) is 0 Å². The molecule has 0 saturated heterocycles. The predicted molar refractivity (Wildman–Crippen MR) is 90.2 cm³/mol. The molecule has 0 radical (unpaired) electrons. The summed E-state index contributed by atoms with van der Waals surface area (Å²) in [5.41, 5.74) is 3.45. The highest BCUT2D eigenvalue weighted by atomic mass is 32.2. The van der Waals surface area contributed by atoms with Crippen molar-refractivity contribution in [2.24, 2.45) is 0 Å². The SMILES string of the molecule is Cc1cc(C(=O)CSc2nnc(-c3sc(C)nc3C)o2)c(C)[nH]1. The molecule has 0 unspecified atom stereocenters. The van der Waals surface area contributed by atoms with Crippen molar-refractivity contribution < 1.29 is 9.21 Å². The number of hydrogen-bond donors (Lipinski definition) is 1. The Hall–Kier alpha value is -1.93. The fourth-order valence-corrected chi connectivity index (χ4v) is 3.80. The first-order chi connectivity index (χ1) is 10.9. The second-order valence-electron chi connectivity index (χ2n) is 5.22. The standard InChI is InChI=1S/C15H16N4O2S2/c1-7-5-11(8(2)16-7)12(20)6-22-15-19-18-14(21-15)13-9(3)17-10(4)23-13/h5,16H,6H2,1-4H3. The van der Waals surface area contributed by atoms with Crippen LogP contribution in [0.1, 0.15) is 32.4 Å². The molecule has 0 aliphatic carbocycles. The minimum atomic E-state index is 0.0430. The molecule has 0 spiro atoms. The third-order valence-corrected chi connectivity index (χ3v) is 5.16. The lowest BCUT2D eigenvalue weighted by Gasteiger charge is -1.97. The van der Waals surface area contributed by atoms with Gasteiger partial charge in [0.15, 0.2) is 5.78 Å². The molecule has 0 saturated carbocycles. The number of nitrogens with one attached hydrogen (secondary N) is 1. The molecular formula is C15H16N4O2S2. The molecule has 0 atom stereocenters. The van der Waals surface area contributed by atoms with E-state index in [4.69, 9.17) is 4.42 Å². The zero-order valence-electron chi connectivity index (χ0n) is 13.3. The Morgan fingerprint density at radius 3 is 2.70 bits per heavy atom. The van der Waals surface area contributed by atoms with E-state index < -0.39 is 0 Å². The van der Waals surface area contributed by atoms with Crippen molar-refractivity contribution in [2.45, 2.75) is 32.9 Å². The zero-order valence-corrected chi connectivity index (χ0v) is 14.9. The summed E-state index contributed by atoms with van der Waals surface area (Å²) in [4.78, 5) is 20.6. The van der Waals surface area contributed by atoms with E-state index in [0.717, 1.165) is 27.0 Å². The molecule has 3 aromatic heterocycles. The molecule has 0 aromatic carbocycles. The van der Waals surface area contributed by atoms with E-state index in [-0.39, 0.29) is 11.5 Å². The number of aromatic amines is 1. The molecule has 0 aliphatic heterocycles. The summed E-state index contributed by atoms with van der Waals surface area (Å²) in [7, 11) is 0. The van der Waals surface area contributed by atoms with Gasteiger partial charge in [0.1, 0.15) is 4.88 Å². The minimum absolute atomic E-state index is 0.0430. The molecule has 23 heavy (non-hydrogen) atoms. The number of thiazole rings is 1. The van der Waals surface area contributed by atoms with Gasteiger partial charge in [-0.05, 0) is 33.8 Å². The van der Waals surface area contributed by atoms with Crippen molar-refractivity contribution in [2.75, 3.05) is 5.75 Å². The Labute approximate surface area is 141 Å². The third-order valence-electron chi connectivity index (χ3n) is 3.28. The van der Waals surface area contributed by atoms with Crippen molar-refractivity contribution in [1.82, 2.24) is 20.2 Å². The van der Waals surface area contributed by atoms with Crippen LogP contribution in [-0.4, -0.2) is 31.7 Å². The van der Waals surface area contributed by atoms with Crippen LogP contribution in [0.15, 0.2) is 15.7 Å². The number of H-pyrrole nitrogens is 1. The lowest BCUT2D eigenvalue weighted by Crippen LogP contribution is -2.02. The van der Waals surface area contributed by atoms with Crippen molar-refractivity contribution in [3.8, 4) is 10.8 Å². The summed E-state index contributed by atoms with van der Waals surface area (Å²) in [6.07, 6.45) is 0. The van der Waals surface area contributed by atoms with Gasteiger partial charge in [0.2, 0.25) is 0 Å². The van der Waals surface area contributed by atoms with Crippen molar-refractivity contribution in [3.05, 3.63) is 33.7 Å². The lowest BCUT2D eigenvalue weighted by atomic mass is 10.2. The Morgan fingerprint density at radius 2 is 2.09 bits per heavy atom. The number of carbonyl (C=O) groups excluding carboxylic acids is 1. The smallest absolute Gasteiger partial charge is 0.277 e. The number of hydrogen-bond acceptors (Lipinski definition) is 7. The maximum Gasteiger partial charge on any atom is 0.277 e. The Balaban J connectivity index is 1.69. The van der Waals surface area contributed by atoms with Crippen LogP contribution >= 0.6 is 23.1 Å². The van der Waals surface area contributed by atoms with Gasteiger partial charge in [-0.3, -0.25) is 4.79 Å². The number of aryl methyl sites for hydroxylation is 4. The Kier molecular flexibility index (Phi) is 4.36. The molecule has 120 valence electrons. The van der Waals surface area contributed by atoms with Gasteiger partial charge in [-0.15, -0.1) is 21.5 Å². The number of nitrogens with zero attached hydrogens (tertiary/aromatic N) is 3. The van der Waals surface area contributed by atoms with E-state index in [2.05, 4.69) is 20.2 Å². The first-order valence-corrected chi connectivity index (χ1v) is 8.84. The number of rotatable bonds is 5. The van der Waals surface area contributed by atoms with E-state index in [9.17, 15) is 4.79 Å². The van der Waals surface area contributed by atoms with Crippen LogP contribution in [0.25, 0.3) is 10.8 Å². The van der Waals surface area contributed by atoms with Gasteiger partial charge >= 0.3 is 0 Å². The third kappa shape index (κ3) is 3.37. The summed E-state index contributed by atoms with van der Waals surface area (Å²) in [6, 6.07) is 1.86. The number of Topliss-reactive ketones (excluding diaryl/α,β-unsaturated/α-hetero) is 1. The summed E-state index contributed by atoms with van der Waals surface area (Å²) < 4.78 is 5.64. The second-order valence-corrected chi connectivity index (χ2v) is 7.35. The maximum absolute atomic E-state index is 12.2. The summed E-state index contributed by atoms with van der Waals surface area (Å²) >= 11 is 2.77. The van der Waals surface area contributed by atoms with Gasteiger partial charge in [-0.25, -0.2) is 4.98 Å². The highest BCUT2D eigenvalue weighted by Crippen LogP contribution is 2.30. The topological polar surface area (TPSA) is 84.7 Å². The summed E-state index contributed by atoms with van der Waals surface area (Å²) in [5, 5.41) is 9.40. The Bertz CT molecular complexity index is 863. The fourth-order valence-electron chi connectivity index (χ4n) is 2.31. The highest BCUT2D eigenvalue weighted by molar-refractivity contribution is 7.99. The molecule has 3 heterocycles. The van der Waals surface area contributed by atoms with Gasteiger partial charge in [-0.1, -0.05) is 11.8 Å². The minimum Gasteiger partial charge on any atom is -0.410 e. The number of aromatic nitrogens is 4. The molecule has 3 aromatic rings. The average Bonchev–Trinajstić information content (AvgIpc) is 3.16. The average molecular weight is 348 g/mol. The molecule has 0 aliphatic rings. The summed E-state index contributed by atoms with van der Waals surface area (Å²) in [5.74, 6) is 0.763. The van der Waals surface area contributed by atoms with Crippen LogP contribution < -0.4 is 0 Å². The highest BCUT2D eigenvalue weighted by Gasteiger charge is 2.17. The van der Waals surface area contributed by atoms with Gasteiger partial charge in [0.05, 0.1) is 16.5 Å². The second kappa shape index (κ2) is 6.29. The van der Waals surface area contributed by atoms with E-state index in [0.29, 0.717) is 16.7 Å². The molecular weight excluding hydrogens is 332 g/mol. The van der Waals surface area contributed by atoms with Crippen LogP contribution in [0.3, 0.4) is 0 Å². The first-order valence-electron chi connectivity index (χ1n) is 7.04. The number of carbonyl (C=O) groups is 1. The first kappa shape index (κ1) is 15.9. The normalized spacial score (nSPS) is 11.1. The van der Waals surface area contributed by atoms with Crippen LogP contribution in [0, 0.1) is 27.7 Å². The van der Waals surface area contributed by atoms with Crippen molar-refractivity contribution in [3.63, 3.8) is 0 Å². The van der Waals surface area contributed by atoms with E-state index in [1.165, 1.54) is 23.1 Å². The van der Waals surface area contributed by atoms with Crippen LogP contribution in [0.5, 0.6) is 0 Å². The van der Waals surface area contributed by atoms with Crippen molar-refractivity contribution >= 4 is 28.9 Å². The molecule has 3 rings (SSSR count). The molecule has 0 bridgehead atoms. The number of thioether (sulfide) groups is 1. The Morgan fingerprint density at radius 1 is 1.30 bits per heavy atom. The van der Waals surface area contributed by atoms with Gasteiger partial charge in [-0.2, -0.15) is 0 Å². The predicted octanol–water partition coefficient (Wildman–Crippen LogP) is 3.73. The summed E-state index contributed by atoms with van der Waals surface area (Å²) in [6.45, 7) is 7.68. The monoisotopic (exact) mass is 348 g/mol. The number of ketones is 1. The molecule has 0 amide bonds. The molecule has 0 fully saturated rings. The van der Waals surface area contributed by atoms with E-state index in [1.54, 1.807) is 0 Å². The van der Waals surface area contributed by atoms with Gasteiger partial charge in [0, 0.05) is 17.0 Å². The zero-order chi connectivity index (χ0) is 16.6. The van der Waals surface area contributed by atoms with Crippen LogP contribution in [-0.2, 0) is 0 Å². The van der Waals surface area contributed by atoms with Crippen LogP contribution in [0.2, 0.25) is 0 Å². The van der Waals surface area contributed by atoms with Gasteiger partial charge < -0.3 is 9.40 Å². The largest absolute Gasteiger partial charge is 0.410 e. The van der Waals surface area contributed by atoms with Gasteiger partial charge in [0.25, 0.3) is 11.1 Å².